The zero-order valence-electron chi connectivity index (χ0n) is 8.03. The average molecular weight is 157 g/mol. The van der Waals surface area contributed by atoms with E-state index >= 15 is 0 Å². The second-order valence-electron chi connectivity index (χ2n) is 3.64. The molecule has 2 heteroatoms. The maximum absolute atomic E-state index is 10.5. The van der Waals surface area contributed by atoms with Gasteiger partial charge in [-0.2, -0.15) is 0 Å². The van der Waals surface area contributed by atoms with Gasteiger partial charge in [-0.1, -0.05) is 20.3 Å². The molecule has 0 radical (unpaired) electrons. The van der Waals surface area contributed by atoms with Crippen molar-refractivity contribution in [1.29, 1.82) is 0 Å². The van der Waals surface area contributed by atoms with Crippen LogP contribution < -0.4 is 5.32 Å². The van der Waals surface area contributed by atoms with Gasteiger partial charge < -0.3 is 5.32 Å². The minimum atomic E-state index is 0.0666. The summed E-state index contributed by atoms with van der Waals surface area (Å²) in [7, 11) is 0. The third kappa shape index (κ3) is 4.82. The molecule has 1 heterocycles. The molecule has 0 aromatic rings. The van der Waals surface area contributed by atoms with E-state index in [1.807, 2.05) is 13.8 Å². The van der Waals surface area contributed by atoms with E-state index in [2.05, 4.69) is 19.2 Å². The Morgan fingerprint density at radius 1 is 1.45 bits per heavy atom. The topological polar surface area (TPSA) is 29.1 Å². The summed E-state index contributed by atoms with van der Waals surface area (Å²) in [5.41, 5.74) is 0.0666. The highest BCUT2D eigenvalue weighted by Gasteiger charge is 2.27. The maximum Gasteiger partial charge on any atom is 0.220 e. The Morgan fingerprint density at radius 3 is 2.00 bits per heavy atom. The largest absolute Gasteiger partial charge is 0.351 e. The Balaban J connectivity index is 0.000000292. The summed E-state index contributed by atoms with van der Waals surface area (Å²) in [5.74, 6) is 0.190. The molecule has 2 nitrogen and oxygen atoms in total. The Kier molecular flexibility index (Phi) is 4.16. The van der Waals surface area contributed by atoms with E-state index in [0.717, 1.165) is 6.42 Å². The molecule has 0 unspecified atom stereocenters. The van der Waals surface area contributed by atoms with E-state index in [0.29, 0.717) is 6.42 Å². The smallest absolute Gasteiger partial charge is 0.220 e. The lowest BCUT2D eigenvalue weighted by Gasteiger charge is -2.15. The summed E-state index contributed by atoms with van der Waals surface area (Å²) in [5, 5.41) is 2.85. The van der Waals surface area contributed by atoms with Crippen LogP contribution >= 0.6 is 0 Å². The minimum Gasteiger partial charge on any atom is -0.351 e. The molecule has 1 rings (SSSR count). The maximum atomic E-state index is 10.5. The fourth-order valence-corrected chi connectivity index (χ4v) is 0.928. The number of hydrogen-bond acceptors (Lipinski definition) is 1. The van der Waals surface area contributed by atoms with Crippen molar-refractivity contribution < 1.29 is 4.79 Å². The molecular formula is C9H19NO. The summed E-state index contributed by atoms with van der Waals surface area (Å²) < 4.78 is 0. The monoisotopic (exact) mass is 157 g/mol. The predicted molar refractivity (Wildman–Crippen MR) is 47.4 cm³/mol. The van der Waals surface area contributed by atoms with Gasteiger partial charge in [-0.3, -0.25) is 4.79 Å². The lowest BCUT2D eigenvalue weighted by Crippen LogP contribution is -2.34. The highest BCUT2D eigenvalue weighted by molar-refractivity contribution is 5.79. The van der Waals surface area contributed by atoms with Crippen LogP contribution in [0.4, 0.5) is 0 Å². The van der Waals surface area contributed by atoms with Crippen molar-refractivity contribution in [3.8, 4) is 0 Å². The predicted octanol–water partition coefficient (Wildman–Crippen LogP) is 2.09. The van der Waals surface area contributed by atoms with Crippen LogP contribution in [0.1, 0.15) is 47.0 Å². The minimum absolute atomic E-state index is 0.0666. The number of nitrogens with one attached hydrogen (secondary N) is 1. The molecule has 1 aliphatic rings. The van der Waals surface area contributed by atoms with E-state index in [1.165, 1.54) is 6.42 Å². The highest BCUT2D eigenvalue weighted by atomic mass is 16.2. The molecule has 1 aliphatic heterocycles. The number of amides is 1. The van der Waals surface area contributed by atoms with Crippen molar-refractivity contribution in [3.05, 3.63) is 0 Å². The van der Waals surface area contributed by atoms with Crippen LogP contribution in [0, 0.1) is 0 Å². The van der Waals surface area contributed by atoms with Gasteiger partial charge in [-0.15, -0.1) is 0 Å². The van der Waals surface area contributed by atoms with Gasteiger partial charge in [0.15, 0.2) is 0 Å². The SMILES string of the molecule is CC1(C)CCC(=O)N1.CCC. The lowest BCUT2D eigenvalue weighted by atomic mass is 10.0. The van der Waals surface area contributed by atoms with Crippen molar-refractivity contribution >= 4 is 5.91 Å². The molecule has 0 bridgehead atoms. The summed E-state index contributed by atoms with van der Waals surface area (Å²) in [4.78, 5) is 10.5. The third-order valence-electron chi connectivity index (χ3n) is 1.45. The van der Waals surface area contributed by atoms with E-state index < -0.39 is 0 Å². The number of carbonyl (C=O) groups is 1. The lowest BCUT2D eigenvalue weighted by molar-refractivity contribution is -0.119. The van der Waals surface area contributed by atoms with Gasteiger partial charge in [0.25, 0.3) is 0 Å². The molecule has 0 aliphatic carbocycles. The van der Waals surface area contributed by atoms with Crippen LogP contribution in [0.15, 0.2) is 0 Å². The Morgan fingerprint density at radius 2 is 1.91 bits per heavy atom. The second-order valence-corrected chi connectivity index (χ2v) is 3.64. The van der Waals surface area contributed by atoms with Crippen LogP contribution in [0.25, 0.3) is 0 Å². The first kappa shape index (κ1) is 10.5. The molecule has 0 saturated carbocycles. The average Bonchev–Trinajstić information content (AvgIpc) is 2.11. The summed E-state index contributed by atoms with van der Waals surface area (Å²) >= 11 is 0. The summed E-state index contributed by atoms with van der Waals surface area (Å²) in [6.45, 7) is 8.33. The van der Waals surface area contributed by atoms with Crippen LogP contribution in [-0.4, -0.2) is 11.4 Å². The van der Waals surface area contributed by atoms with E-state index in [-0.39, 0.29) is 11.4 Å². The number of rotatable bonds is 0. The van der Waals surface area contributed by atoms with Gasteiger partial charge in [0.2, 0.25) is 5.91 Å². The highest BCUT2D eigenvalue weighted by Crippen LogP contribution is 2.17. The molecule has 0 aromatic carbocycles. The Bertz CT molecular complexity index is 130. The molecule has 0 aromatic heterocycles. The Hall–Kier alpha value is -0.530. The van der Waals surface area contributed by atoms with Gasteiger partial charge >= 0.3 is 0 Å². The van der Waals surface area contributed by atoms with Gasteiger partial charge in [0.05, 0.1) is 0 Å². The third-order valence-corrected chi connectivity index (χ3v) is 1.45. The van der Waals surface area contributed by atoms with Crippen molar-refractivity contribution in [2.45, 2.75) is 52.5 Å². The molecule has 1 N–H and O–H groups in total. The zero-order chi connectivity index (χ0) is 8.91. The van der Waals surface area contributed by atoms with Gasteiger partial charge in [-0.05, 0) is 20.3 Å². The molecule has 1 amide bonds. The first-order valence-corrected chi connectivity index (χ1v) is 4.33. The quantitative estimate of drug-likeness (QED) is 0.573. The van der Waals surface area contributed by atoms with E-state index in [1.54, 1.807) is 0 Å². The van der Waals surface area contributed by atoms with E-state index in [4.69, 9.17) is 0 Å². The molecular weight excluding hydrogens is 138 g/mol. The first-order valence-electron chi connectivity index (χ1n) is 4.33. The van der Waals surface area contributed by atoms with Crippen LogP contribution in [0.2, 0.25) is 0 Å². The fraction of sp³-hybridized carbons (Fsp3) is 0.889. The number of hydrogen-bond donors (Lipinski definition) is 1. The van der Waals surface area contributed by atoms with Crippen molar-refractivity contribution in [2.24, 2.45) is 0 Å². The molecule has 1 saturated heterocycles. The normalized spacial score (nSPS) is 20.2. The van der Waals surface area contributed by atoms with E-state index in [9.17, 15) is 4.79 Å². The number of carbonyl (C=O) groups excluding carboxylic acids is 1. The molecule has 0 atom stereocenters. The van der Waals surface area contributed by atoms with Crippen LogP contribution in [0.3, 0.4) is 0 Å². The van der Waals surface area contributed by atoms with Crippen LogP contribution in [-0.2, 0) is 4.79 Å². The van der Waals surface area contributed by atoms with Gasteiger partial charge in [0.1, 0.15) is 0 Å². The molecule has 0 spiro atoms. The standard InChI is InChI=1S/C6H11NO.C3H8/c1-6(2)4-3-5(8)7-6;1-3-2/h3-4H2,1-2H3,(H,7,8);3H2,1-2H3. The van der Waals surface area contributed by atoms with Gasteiger partial charge in [-0.25, -0.2) is 0 Å². The molecule has 66 valence electrons. The zero-order valence-corrected chi connectivity index (χ0v) is 8.03. The van der Waals surface area contributed by atoms with Gasteiger partial charge in [0, 0.05) is 12.0 Å². The molecule has 1 fully saturated rings. The fourth-order valence-electron chi connectivity index (χ4n) is 0.928. The van der Waals surface area contributed by atoms with Crippen molar-refractivity contribution in [1.82, 2.24) is 5.32 Å². The van der Waals surface area contributed by atoms with Crippen LogP contribution in [0.5, 0.6) is 0 Å². The second kappa shape index (κ2) is 4.37. The molecule has 11 heavy (non-hydrogen) atoms. The first-order chi connectivity index (χ1) is 5.02. The Labute approximate surface area is 69.4 Å². The summed E-state index contributed by atoms with van der Waals surface area (Å²) in [6.07, 6.45) is 2.93. The van der Waals surface area contributed by atoms with Crippen molar-refractivity contribution in [3.63, 3.8) is 0 Å². The van der Waals surface area contributed by atoms with Crippen molar-refractivity contribution in [2.75, 3.05) is 0 Å². The summed E-state index contributed by atoms with van der Waals surface area (Å²) in [6, 6.07) is 0.